The van der Waals surface area contributed by atoms with Crippen LogP contribution in [0.25, 0.3) is 0 Å². The second kappa shape index (κ2) is 10.4. The number of likely N-dealkylation sites (tertiary alicyclic amines) is 1. The van der Waals surface area contributed by atoms with Gasteiger partial charge < -0.3 is 15.0 Å². The van der Waals surface area contributed by atoms with Gasteiger partial charge in [-0.15, -0.1) is 0 Å². The summed E-state index contributed by atoms with van der Waals surface area (Å²) in [5, 5.41) is 2.84. The summed E-state index contributed by atoms with van der Waals surface area (Å²) >= 11 is 0. The Morgan fingerprint density at radius 1 is 1.21 bits per heavy atom. The summed E-state index contributed by atoms with van der Waals surface area (Å²) in [6.07, 6.45) is 5.41. The number of amides is 2. The number of hydrogen-bond acceptors (Lipinski definition) is 3. The fourth-order valence-electron chi connectivity index (χ4n) is 4.36. The summed E-state index contributed by atoms with van der Waals surface area (Å²) < 4.78 is 19.3. The maximum atomic E-state index is 13.7. The molecule has 2 fully saturated rings. The summed E-state index contributed by atoms with van der Waals surface area (Å²) in [6, 6.07) is 5.82. The van der Waals surface area contributed by atoms with Crippen LogP contribution in [0.4, 0.5) is 14.9 Å². The average molecular weight is 406 g/mol. The van der Waals surface area contributed by atoms with Crippen molar-refractivity contribution in [1.82, 2.24) is 9.80 Å². The van der Waals surface area contributed by atoms with E-state index in [4.69, 9.17) is 4.74 Å². The first kappa shape index (κ1) is 22.0. The summed E-state index contributed by atoms with van der Waals surface area (Å²) in [7, 11) is 0. The van der Waals surface area contributed by atoms with Crippen LogP contribution in [-0.2, 0) is 4.74 Å². The van der Waals surface area contributed by atoms with Gasteiger partial charge in [-0.05, 0) is 69.2 Å². The van der Waals surface area contributed by atoms with Crippen molar-refractivity contribution < 1.29 is 13.9 Å². The predicted octanol–water partition coefficient (Wildman–Crippen LogP) is 4.66. The molecule has 0 aromatic heterocycles. The van der Waals surface area contributed by atoms with Crippen LogP contribution in [0.2, 0.25) is 0 Å². The molecule has 2 amide bonds. The van der Waals surface area contributed by atoms with Gasteiger partial charge in [0.2, 0.25) is 0 Å². The van der Waals surface area contributed by atoms with Gasteiger partial charge in [0.05, 0.1) is 0 Å². The molecule has 2 saturated heterocycles. The zero-order valence-corrected chi connectivity index (χ0v) is 18.1. The Bertz CT molecular complexity index is 668. The minimum Gasteiger partial charge on any atom is -0.381 e. The molecule has 2 heterocycles. The van der Waals surface area contributed by atoms with E-state index in [-0.39, 0.29) is 11.8 Å². The minimum absolute atomic E-state index is 0.133. The largest absolute Gasteiger partial charge is 0.381 e. The molecular formula is C23H36FN3O2. The van der Waals surface area contributed by atoms with Gasteiger partial charge in [0, 0.05) is 44.1 Å². The van der Waals surface area contributed by atoms with E-state index in [9.17, 15) is 9.18 Å². The van der Waals surface area contributed by atoms with Gasteiger partial charge in [-0.25, -0.2) is 9.18 Å². The molecule has 6 heteroatoms. The molecule has 5 nitrogen and oxygen atoms in total. The van der Waals surface area contributed by atoms with Gasteiger partial charge in [0.15, 0.2) is 0 Å². The van der Waals surface area contributed by atoms with Crippen LogP contribution in [-0.4, -0.2) is 60.8 Å². The van der Waals surface area contributed by atoms with Crippen molar-refractivity contribution in [2.75, 3.05) is 38.2 Å². The first-order valence-corrected chi connectivity index (χ1v) is 11.1. The third kappa shape index (κ3) is 6.16. The number of carbonyl (C=O) groups is 1. The van der Waals surface area contributed by atoms with E-state index in [1.807, 2.05) is 4.90 Å². The quantitative estimate of drug-likeness (QED) is 0.749. The average Bonchev–Trinajstić information content (AvgIpc) is 2.72. The van der Waals surface area contributed by atoms with Crippen molar-refractivity contribution in [3.8, 4) is 0 Å². The summed E-state index contributed by atoms with van der Waals surface area (Å²) in [5.41, 5.74) is 1.10. The summed E-state index contributed by atoms with van der Waals surface area (Å²) in [6.45, 7) is 10.6. The van der Waals surface area contributed by atoms with Gasteiger partial charge in [-0.2, -0.15) is 0 Å². The molecule has 1 aromatic rings. The molecular weight excluding hydrogens is 369 g/mol. The third-order valence-corrected chi connectivity index (χ3v) is 6.27. The Morgan fingerprint density at radius 2 is 1.86 bits per heavy atom. The first-order valence-electron chi connectivity index (χ1n) is 11.1. The van der Waals surface area contributed by atoms with E-state index in [2.05, 4.69) is 24.1 Å². The number of aryl methyl sites for hydroxylation is 1. The van der Waals surface area contributed by atoms with Gasteiger partial charge >= 0.3 is 6.03 Å². The molecule has 0 atom stereocenters. The van der Waals surface area contributed by atoms with Crippen molar-refractivity contribution in [3.63, 3.8) is 0 Å². The molecule has 0 radical (unpaired) electrons. The Kier molecular flexibility index (Phi) is 7.90. The lowest BCUT2D eigenvalue weighted by atomic mass is 9.96. The van der Waals surface area contributed by atoms with Crippen molar-refractivity contribution in [3.05, 3.63) is 29.6 Å². The highest BCUT2D eigenvalue weighted by molar-refractivity contribution is 5.89. The third-order valence-electron chi connectivity index (χ3n) is 6.27. The number of piperidine rings is 1. The Hall–Kier alpha value is -1.66. The number of rotatable bonds is 6. The molecule has 2 aliphatic heterocycles. The zero-order chi connectivity index (χ0) is 20.8. The van der Waals surface area contributed by atoms with Gasteiger partial charge in [-0.1, -0.05) is 19.9 Å². The molecule has 0 unspecified atom stereocenters. The molecule has 1 aromatic carbocycles. The number of urea groups is 1. The minimum atomic E-state index is -0.293. The Labute approximate surface area is 174 Å². The van der Waals surface area contributed by atoms with Crippen LogP contribution in [0.1, 0.15) is 51.5 Å². The van der Waals surface area contributed by atoms with E-state index in [0.29, 0.717) is 29.3 Å². The molecule has 0 bridgehead atoms. The summed E-state index contributed by atoms with van der Waals surface area (Å²) in [4.78, 5) is 17.2. The second-order valence-electron chi connectivity index (χ2n) is 8.88. The van der Waals surface area contributed by atoms with Crippen LogP contribution in [0, 0.1) is 18.7 Å². The maximum absolute atomic E-state index is 13.7. The van der Waals surface area contributed by atoms with E-state index in [1.54, 1.807) is 19.1 Å². The van der Waals surface area contributed by atoms with Gasteiger partial charge in [-0.3, -0.25) is 4.90 Å². The number of nitrogens with one attached hydrogen (secondary N) is 1. The number of ether oxygens (including phenoxy) is 1. The monoisotopic (exact) mass is 405 g/mol. The van der Waals surface area contributed by atoms with Crippen molar-refractivity contribution in [1.29, 1.82) is 0 Å². The lowest BCUT2D eigenvalue weighted by molar-refractivity contribution is 0.00321. The lowest BCUT2D eigenvalue weighted by Gasteiger charge is -2.44. The molecule has 2 aliphatic rings. The normalized spacial score (nSPS) is 19.2. The topological polar surface area (TPSA) is 44.8 Å². The van der Waals surface area contributed by atoms with E-state index in [0.717, 1.165) is 58.5 Å². The van der Waals surface area contributed by atoms with Crippen molar-refractivity contribution >= 4 is 11.7 Å². The fourth-order valence-corrected chi connectivity index (χ4v) is 4.36. The molecule has 0 spiro atoms. The number of benzene rings is 1. The fraction of sp³-hybridized carbons (Fsp3) is 0.696. The van der Waals surface area contributed by atoms with Crippen LogP contribution in [0.15, 0.2) is 18.2 Å². The molecule has 0 saturated carbocycles. The number of halogens is 1. The maximum Gasteiger partial charge on any atom is 0.321 e. The number of anilines is 1. The Morgan fingerprint density at radius 3 is 2.48 bits per heavy atom. The van der Waals surface area contributed by atoms with Crippen molar-refractivity contribution in [2.45, 2.75) is 65.0 Å². The number of nitrogens with zero attached hydrogens (tertiary/aromatic N) is 2. The highest BCUT2D eigenvalue weighted by atomic mass is 19.1. The predicted molar refractivity (Wildman–Crippen MR) is 115 cm³/mol. The van der Waals surface area contributed by atoms with Crippen LogP contribution in [0.5, 0.6) is 0 Å². The van der Waals surface area contributed by atoms with Crippen LogP contribution in [0.3, 0.4) is 0 Å². The van der Waals surface area contributed by atoms with E-state index in [1.165, 1.54) is 12.5 Å². The van der Waals surface area contributed by atoms with E-state index >= 15 is 0 Å². The zero-order valence-electron chi connectivity index (χ0n) is 18.1. The highest BCUT2D eigenvalue weighted by Gasteiger charge is 2.31. The highest BCUT2D eigenvalue weighted by Crippen LogP contribution is 2.25. The van der Waals surface area contributed by atoms with Crippen molar-refractivity contribution in [2.24, 2.45) is 5.92 Å². The Balaban J connectivity index is 1.55. The molecule has 3 rings (SSSR count). The standard InChI is InChI=1S/C23H36FN3O2/c1-17(2)6-13-27(21-9-14-29-15-10-21)20-7-11-26(12-8-20)23(28)25-19-5-4-18(3)22(24)16-19/h4-5,16-17,20-21H,6-15H2,1-3H3,(H,25,28). The number of carbonyl (C=O) groups excluding carboxylic acids is 1. The van der Waals surface area contributed by atoms with E-state index < -0.39 is 0 Å². The van der Waals surface area contributed by atoms with Crippen LogP contribution >= 0.6 is 0 Å². The molecule has 0 aliphatic carbocycles. The molecule has 29 heavy (non-hydrogen) atoms. The summed E-state index contributed by atoms with van der Waals surface area (Å²) in [5.74, 6) is 0.400. The smallest absolute Gasteiger partial charge is 0.321 e. The van der Waals surface area contributed by atoms with Gasteiger partial charge in [0.25, 0.3) is 0 Å². The molecule has 162 valence electrons. The second-order valence-corrected chi connectivity index (χ2v) is 8.88. The van der Waals surface area contributed by atoms with Gasteiger partial charge in [0.1, 0.15) is 5.82 Å². The SMILES string of the molecule is Cc1ccc(NC(=O)N2CCC(N(CCC(C)C)C3CCOCC3)CC2)cc1F. The van der Waals surface area contributed by atoms with Crippen LogP contribution < -0.4 is 5.32 Å². The lowest BCUT2D eigenvalue weighted by Crippen LogP contribution is -2.52. The molecule has 1 N–H and O–H groups in total. The number of hydrogen-bond donors (Lipinski definition) is 1. The first-order chi connectivity index (χ1) is 13.9.